The second kappa shape index (κ2) is 9.35. The lowest BCUT2D eigenvalue weighted by Gasteiger charge is -2.46. The number of aliphatic hydroxyl groups is 2. The average molecular weight is 390 g/mol. The van der Waals surface area contributed by atoms with Gasteiger partial charge in [-0.2, -0.15) is 0 Å². The van der Waals surface area contributed by atoms with E-state index in [1.54, 1.807) is 4.90 Å². The predicted octanol–water partition coefficient (Wildman–Crippen LogP) is 0.970. The first-order valence-electron chi connectivity index (χ1n) is 10.6. The Balaban J connectivity index is 1.53. The monoisotopic (exact) mass is 389 g/mol. The van der Waals surface area contributed by atoms with Gasteiger partial charge in [-0.25, -0.2) is 0 Å². The SMILES string of the molecule is CC(C)N1CCN(C[C@@]2(O)CN(C(=O)CCc3ccccc3)CC[C@@H]2O)CC1. The van der Waals surface area contributed by atoms with Crippen molar-refractivity contribution in [3.63, 3.8) is 0 Å². The van der Waals surface area contributed by atoms with Crippen molar-refractivity contribution < 1.29 is 15.0 Å². The van der Waals surface area contributed by atoms with Crippen molar-refractivity contribution in [3.05, 3.63) is 35.9 Å². The Kier molecular flexibility index (Phi) is 7.10. The smallest absolute Gasteiger partial charge is 0.223 e. The van der Waals surface area contributed by atoms with E-state index in [-0.39, 0.29) is 12.5 Å². The maximum atomic E-state index is 12.7. The minimum Gasteiger partial charge on any atom is -0.390 e. The highest BCUT2D eigenvalue weighted by Gasteiger charge is 2.43. The number of hydrogen-bond donors (Lipinski definition) is 2. The van der Waals surface area contributed by atoms with Gasteiger partial charge >= 0.3 is 0 Å². The third kappa shape index (κ3) is 5.32. The van der Waals surface area contributed by atoms with Gasteiger partial charge < -0.3 is 15.1 Å². The zero-order valence-electron chi connectivity index (χ0n) is 17.3. The molecular formula is C22H35N3O3. The molecule has 3 rings (SSSR count). The fraction of sp³-hybridized carbons (Fsp3) is 0.682. The lowest BCUT2D eigenvalue weighted by Crippen LogP contribution is -2.64. The Morgan fingerprint density at radius 3 is 2.46 bits per heavy atom. The van der Waals surface area contributed by atoms with Crippen LogP contribution in [0.4, 0.5) is 0 Å². The molecule has 2 heterocycles. The van der Waals surface area contributed by atoms with Crippen molar-refractivity contribution in [3.8, 4) is 0 Å². The summed E-state index contributed by atoms with van der Waals surface area (Å²) in [4.78, 5) is 19.1. The number of aliphatic hydroxyl groups excluding tert-OH is 1. The summed E-state index contributed by atoms with van der Waals surface area (Å²) in [5, 5.41) is 21.7. The molecular weight excluding hydrogens is 354 g/mol. The van der Waals surface area contributed by atoms with Crippen LogP contribution in [0.2, 0.25) is 0 Å². The van der Waals surface area contributed by atoms with Gasteiger partial charge in [-0.05, 0) is 32.3 Å². The molecule has 0 aliphatic carbocycles. The van der Waals surface area contributed by atoms with E-state index >= 15 is 0 Å². The van der Waals surface area contributed by atoms with Crippen LogP contribution in [0.15, 0.2) is 30.3 Å². The van der Waals surface area contributed by atoms with Crippen LogP contribution in [0.1, 0.15) is 32.3 Å². The first-order valence-corrected chi connectivity index (χ1v) is 10.6. The first kappa shape index (κ1) is 21.2. The molecule has 6 nitrogen and oxygen atoms in total. The number of carbonyl (C=O) groups excluding carboxylic acids is 1. The highest BCUT2D eigenvalue weighted by atomic mass is 16.3. The third-order valence-corrected chi connectivity index (χ3v) is 6.22. The molecule has 28 heavy (non-hydrogen) atoms. The van der Waals surface area contributed by atoms with Crippen molar-refractivity contribution in [2.24, 2.45) is 0 Å². The highest BCUT2D eigenvalue weighted by Crippen LogP contribution is 2.25. The van der Waals surface area contributed by atoms with E-state index in [0.717, 1.165) is 31.7 Å². The van der Waals surface area contributed by atoms with Crippen LogP contribution in [-0.2, 0) is 11.2 Å². The van der Waals surface area contributed by atoms with E-state index in [9.17, 15) is 15.0 Å². The van der Waals surface area contributed by atoms with Gasteiger partial charge in [-0.3, -0.25) is 14.6 Å². The van der Waals surface area contributed by atoms with Gasteiger partial charge in [0, 0.05) is 51.7 Å². The molecule has 2 atom stereocenters. The number of carbonyl (C=O) groups is 1. The van der Waals surface area contributed by atoms with E-state index in [0.29, 0.717) is 38.4 Å². The van der Waals surface area contributed by atoms with Gasteiger partial charge in [-0.1, -0.05) is 30.3 Å². The number of rotatable bonds is 6. The second-order valence-corrected chi connectivity index (χ2v) is 8.61. The van der Waals surface area contributed by atoms with Gasteiger partial charge in [-0.15, -0.1) is 0 Å². The zero-order chi connectivity index (χ0) is 20.1. The van der Waals surface area contributed by atoms with Crippen molar-refractivity contribution >= 4 is 5.91 Å². The number of likely N-dealkylation sites (tertiary alicyclic amines) is 1. The van der Waals surface area contributed by atoms with Crippen molar-refractivity contribution in [2.45, 2.75) is 50.9 Å². The molecule has 0 unspecified atom stereocenters. The molecule has 1 aromatic carbocycles. The van der Waals surface area contributed by atoms with Crippen LogP contribution < -0.4 is 0 Å². The van der Waals surface area contributed by atoms with E-state index in [2.05, 4.69) is 23.6 Å². The Morgan fingerprint density at radius 2 is 1.82 bits per heavy atom. The number of nitrogens with zero attached hydrogens (tertiary/aromatic N) is 3. The normalized spacial score (nSPS) is 27.3. The van der Waals surface area contributed by atoms with Crippen LogP contribution in [0.3, 0.4) is 0 Å². The number of piperazine rings is 1. The highest BCUT2D eigenvalue weighted by molar-refractivity contribution is 5.76. The Bertz CT molecular complexity index is 631. The summed E-state index contributed by atoms with van der Waals surface area (Å²) < 4.78 is 0. The lowest BCUT2D eigenvalue weighted by molar-refractivity contribution is -0.157. The average Bonchev–Trinajstić information content (AvgIpc) is 2.69. The van der Waals surface area contributed by atoms with Gasteiger partial charge in [0.05, 0.1) is 12.6 Å². The second-order valence-electron chi connectivity index (χ2n) is 8.61. The summed E-state index contributed by atoms with van der Waals surface area (Å²) in [6.07, 6.45) is 0.783. The van der Waals surface area contributed by atoms with Crippen molar-refractivity contribution in [1.82, 2.24) is 14.7 Å². The molecule has 1 amide bonds. The molecule has 2 aliphatic rings. The van der Waals surface area contributed by atoms with E-state index < -0.39 is 11.7 Å². The Labute approximate surface area is 168 Å². The van der Waals surface area contributed by atoms with E-state index in [1.807, 2.05) is 30.3 Å². The summed E-state index contributed by atoms with van der Waals surface area (Å²) in [5.74, 6) is 0.0544. The molecule has 156 valence electrons. The van der Waals surface area contributed by atoms with Crippen molar-refractivity contribution in [2.75, 3.05) is 45.8 Å². The zero-order valence-corrected chi connectivity index (χ0v) is 17.3. The molecule has 0 saturated carbocycles. The number of piperidine rings is 1. The molecule has 2 saturated heterocycles. The number of hydrogen-bond acceptors (Lipinski definition) is 5. The Morgan fingerprint density at radius 1 is 1.14 bits per heavy atom. The number of β-amino-alcohol motifs (C(OH)–C–C–N with tert-alkyl or cyclic N) is 1. The van der Waals surface area contributed by atoms with Gasteiger partial charge in [0.15, 0.2) is 0 Å². The van der Waals surface area contributed by atoms with Crippen molar-refractivity contribution in [1.29, 1.82) is 0 Å². The van der Waals surface area contributed by atoms with Gasteiger partial charge in [0.2, 0.25) is 5.91 Å². The minimum absolute atomic E-state index is 0.0544. The molecule has 2 aliphatic heterocycles. The minimum atomic E-state index is -1.25. The van der Waals surface area contributed by atoms with E-state index in [1.165, 1.54) is 0 Å². The first-order chi connectivity index (χ1) is 13.4. The standard InChI is InChI=1S/C22H35N3O3/c1-18(2)24-14-12-23(13-15-24)16-22(28)17-25(11-10-20(22)26)21(27)9-8-19-6-4-3-5-7-19/h3-7,18,20,26,28H,8-17H2,1-2H3/t20-,22+/m0/s1. The van der Waals surface area contributed by atoms with Crippen LogP contribution >= 0.6 is 0 Å². The van der Waals surface area contributed by atoms with Crippen LogP contribution in [0.5, 0.6) is 0 Å². The quantitative estimate of drug-likeness (QED) is 0.759. The summed E-state index contributed by atoms with van der Waals surface area (Å²) in [6, 6.07) is 10.5. The molecule has 2 fully saturated rings. The third-order valence-electron chi connectivity index (χ3n) is 6.22. The fourth-order valence-electron chi connectivity index (χ4n) is 4.31. The summed E-state index contributed by atoms with van der Waals surface area (Å²) in [6.45, 7) is 9.27. The van der Waals surface area contributed by atoms with E-state index in [4.69, 9.17) is 0 Å². The largest absolute Gasteiger partial charge is 0.390 e. The van der Waals surface area contributed by atoms with Crippen LogP contribution in [0.25, 0.3) is 0 Å². The van der Waals surface area contributed by atoms with Crippen LogP contribution in [-0.4, -0.2) is 94.4 Å². The molecule has 6 heteroatoms. The maximum Gasteiger partial charge on any atom is 0.223 e. The summed E-state index contributed by atoms with van der Waals surface area (Å²) in [5.41, 5.74) is -0.105. The number of aryl methyl sites for hydroxylation is 1. The summed E-state index contributed by atoms with van der Waals surface area (Å²) in [7, 11) is 0. The number of benzene rings is 1. The molecule has 0 bridgehead atoms. The molecule has 0 spiro atoms. The maximum absolute atomic E-state index is 12.7. The molecule has 1 aromatic rings. The molecule has 2 N–H and O–H groups in total. The van der Waals surface area contributed by atoms with Crippen LogP contribution in [0, 0.1) is 0 Å². The fourth-order valence-corrected chi connectivity index (χ4v) is 4.31. The van der Waals surface area contributed by atoms with Gasteiger partial charge in [0.25, 0.3) is 0 Å². The van der Waals surface area contributed by atoms with Gasteiger partial charge in [0.1, 0.15) is 5.60 Å². The number of amides is 1. The predicted molar refractivity (Wildman–Crippen MR) is 110 cm³/mol. The lowest BCUT2D eigenvalue weighted by atomic mass is 9.88. The Hall–Kier alpha value is -1.47. The summed E-state index contributed by atoms with van der Waals surface area (Å²) >= 11 is 0. The molecule has 0 radical (unpaired) electrons. The molecule has 0 aromatic heterocycles. The topological polar surface area (TPSA) is 67.2 Å².